The zero-order valence-electron chi connectivity index (χ0n) is 19.0. The molecule has 0 unspecified atom stereocenters. The van der Waals surface area contributed by atoms with Gasteiger partial charge in [0.15, 0.2) is 0 Å². The molecule has 158 valence electrons. The number of carbonyl (C=O) groups is 1. The standard InChI is InChI=1S/C28H29NO2/c1-18-7-6-8-22(15-18)29-24-11-9-19(2)16-23(24)28(5,26(29)30)21-10-12-25-20(17-21)13-14-27(3,4)31-25/h6-12,15-17H,13-14H2,1-5H3/t28-/m0/s1. The lowest BCUT2D eigenvalue weighted by atomic mass is 9.76. The highest BCUT2D eigenvalue weighted by atomic mass is 16.5. The van der Waals surface area contributed by atoms with Crippen LogP contribution in [0.5, 0.6) is 5.75 Å². The number of nitrogens with zero attached hydrogens (tertiary/aromatic N) is 1. The number of amides is 1. The highest BCUT2D eigenvalue weighted by Crippen LogP contribution is 2.50. The Balaban J connectivity index is 1.67. The third-order valence-electron chi connectivity index (χ3n) is 6.84. The SMILES string of the molecule is Cc1cccc(N2C(=O)[C@@](C)(c3ccc4c(c3)CCC(C)(C)O4)c3cc(C)ccc32)c1. The molecule has 0 saturated carbocycles. The molecule has 2 heterocycles. The molecule has 2 aliphatic rings. The van der Waals surface area contributed by atoms with Crippen LogP contribution in [0.1, 0.15) is 55.0 Å². The summed E-state index contributed by atoms with van der Waals surface area (Å²) in [5, 5.41) is 0. The van der Waals surface area contributed by atoms with Crippen molar-refractivity contribution in [2.75, 3.05) is 4.90 Å². The van der Waals surface area contributed by atoms with Crippen molar-refractivity contribution >= 4 is 17.3 Å². The lowest BCUT2D eigenvalue weighted by Gasteiger charge is -2.34. The smallest absolute Gasteiger partial charge is 0.246 e. The zero-order chi connectivity index (χ0) is 22.0. The number of rotatable bonds is 2. The van der Waals surface area contributed by atoms with E-state index in [1.165, 1.54) is 5.56 Å². The second-order valence-corrected chi connectivity index (χ2v) is 9.81. The molecule has 0 aromatic heterocycles. The molecule has 5 rings (SSSR count). The van der Waals surface area contributed by atoms with Gasteiger partial charge in [-0.3, -0.25) is 9.69 Å². The first kappa shape index (κ1) is 19.9. The summed E-state index contributed by atoms with van der Waals surface area (Å²) in [6.07, 6.45) is 1.93. The van der Waals surface area contributed by atoms with Gasteiger partial charge < -0.3 is 4.74 Å². The normalized spacial score (nSPS) is 21.5. The maximum Gasteiger partial charge on any atom is 0.246 e. The summed E-state index contributed by atoms with van der Waals surface area (Å²) in [6, 6.07) is 20.8. The largest absolute Gasteiger partial charge is 0.488 e. The molecule has 0 fully saturated rings. The van der Waals surface area contributed by atoms with Gasteiger partial charge in [-0.25, -0.2) is 0 Å². The molecule has 0 saturated heterocycles. The van der Waals surface area contributed by atoms with E-state index in [2.05, 4.69) is 83.1 Å². The molecule has 3 nitrogen and oxygen atoms in total. The second kappa shape index (κ2) is 6.71. The summed E-state index contributed by atoms with van der Waals surface area (Å²) in [6.45, 7) is 10.5. The molecule has 0 aliphatic carbocycles. The number of carbonyl (C=O) groups excluding carboxylic acids is 1. The van der Waals surface area contributed by atoms with E-state index in [1.54, 1.807) is 0 Å². The third-order valence-corrected chi connectivity index (χ3v) is 6.84. The lowest BCUT2D eigenvalue weighted by molar-refractivity contribution is -0.120. The van der Waals surface area contributed by atoms with Crippen LogP contribution in [0.25, 0.3) is 0 Å². The van der Waals surface area contributed by atoms with Crippen molar-refractivity contribution in [3.8, 4) is 5.75 Å². The van der Waals surface area contributed by atoms with Crippen LogP contribution in [0.4, 0.5) is 11.4 Å². The second-order valence-electron chi connectivity index (χ2n) is 9.81. The van der Waals surface area contributed by atoms with Crippen LogP contribution in [-0.4, -0.2) is 11.5 Å². The predicted molar refractivity (Wildman–Crippen MR) is 125 cm³/mol. The number of hydrogen-bond donors (Lipinski definition) is 0. The van der Waals surface area contributed by atoms with E-state index in [9.17, 15) is 4.79 Å². The van der Waals surface area contributed by atoms with Crippen LogP contribution in [0.15, 0.2) is 60.7 Å². The van der Waals surface area contributed by atoms with Gasteiger partial charge in [-0.2, -0.15) is 0 Å². The molecule has 1 atom stereocenters. The minimum Gasteiger partial charge on any atom is -0.488 e. The van der Waals surface area contributed by atoms with Crippen molar-refractivity contribution in [2.45, 2.75) is 58.5 Å². The Hall–Kier alpha value is -3.07. The van der Waals surface area contributed by atoms with Crippen molar-refractivity contribution in [3.63, 3.8) is 0 Å². The minimum atomic E-state index is -0.743. The Kier molecular flexibility index (Phi) is 4.30. The van der Waals surface area contributed by atoms with Gasteiger partial charge in [-0.15, -0.1) is 0 Å². The summed E-state index contributed by atoms with van der Waals surface area (Å²) >= 11 is 0. The van der Waals surface area contributed by atoms with Crippen molar-refractivity contribution in [1.29, 1.82) is 0 Å². The minimum absolute atomic E-state index is 0.0932. The number of anilines is 2. The fourth-order valence-electron chi connectivity index (χ4n) is 4.97. The molecule has 3 aromatic rings. The van der Waals surface area contributed by atoms with Crippen molar-refractivity contribution < 1.29 is 9.53 Å². The number of hydrogen-bond acceptors (Lipinski definition) is 2. The summed E-state index contributed by atoms with van der Waals surface area (Å²) in [4.78, 5) is 16.0. The van der Waals surface area contributed by atoms with Crippen molar-refractivity contribution in [1.82, 2.24) is 0 Å². The average molecular weight is 412 g/mol. The first-order valence-corrected chi connectivity index (χ1v) is 11.0. The van der Waals surface area contributed by atoms with E-state index < -0.39 is 5.41 Å². The maximum atomic E-state index is 14.1. The Labute approximate surface area is 184 Å². The third kappa shape index (κ3) is 3.06. The fourth-order valence-corrected chi connectivity index (χ4v) is 4.97. The molecule has 31 heavy (non-hydrogen) atoms. The van der Waals surface area contributed by atoms with Gasteiger partial charge in [0.1, 0.15) is 11.4 Å². The van der Waals surface area contributed by atoms with Crippen molar-refractivity contribution in [3.05, 3.63) is 88.5 Å². The molecular weight excluding hydrogens is 382 g/mol. The van der Waals surface area contributed by atoms with Crippen LogP contribution in [-0.2, 0) is 16.6 Å². The van der Waals surface area contributed by atoms with Crippen LogP contribution in [0, 0.1) is 13.8 Å². The van der Waals surface area contributed by atoms with Gasteiger partial charge in [0.2, 0.25) is 5.91 Å². The van der Waals surface area contributed by atoms with E-state index >= 15 is 0 Å². The van der Waals surface area contributed by atoms with E-state index in [0.717, 1.165) is 52.2 Å². The van der Waals surface area contributed by atoms with Gasteiger partial charge >= 0.3 is 0 Å². The fraction of sp³-hybridized carbons (Fsp3) is 0.321. The number of benzene rings is 3. The first-order chi connectivity index (χ1) is 14.7. The number of ether oxygens (including phenoxy) is 1. The molecule has 0 radical (unpaired) electrons. The van der Waals surface area contributed by atoms with Crippen LogP contribution < -0.4 is 9.64 Å². The lowest BCUT2D eigenvalue weighted by Crippen LogP contribution is -2.37. The molecular formula is C28H29NO2. The van der Waals surface area contributed by atoms with Crippen molar-refractivity contribution in [2.24, 2.45) is 0 Å². The molecule has 3 heteroatoms. The molecule has 0 N–H and O–H groups in total. The Morgan fingerprint density at radius 1 is 0.903 bits per heavy atom. The summed E-state index contributed by atoms with van der Waals surface area (Å²) in [7, 11) is 0. The summed E-state index contributed by atoms with van der Waals surface area (Å²) in [5.74, 6) is 1.03. The summed E-state index contributed by atoms with van der Waals surface area (Å²) < 4.78 is 6.19. The number of aryl methyl sites for hydroxylation is 3. The van der Waals surface area contributed by atoms with Crippen LogP contribution in [0.3, 0.4) is 0 Å². The predicted octanol–water partition coefficient (Wildman–Crippen LogP) is 6.39. The topological polar surface area (TPSA) is 29.5 Å². The summed E-state index contributed by atoms with van der Waals surface area (Å²) in [5.41, 5.74) is 6.58. The van der Waals surface area contributed by atoms with Crippen LogP contribution >= 0.6 is 0 Å². The molecule has 1 amide bonds. The maximum absolute atomic E-state index is 14.1. The molecule has 3 aromatic carbocycles. The van der Waals surface area contributed by atoms with E-state index in [1.807, 2.05) is 17.0 Å². The number of fused-ring (bicyclic) bond motifs is 2. The average Bonchev–Trinajstić information content (AvgIpc) is 2.95. The van der Waals surface area contributed by atoms with E-state index in [-0.39, 0.29) is 11.5 Å². The highest BCUT2D eigenvalue weighted by molar-refractivity contribution is 6.14. The quantitative estimate of drug-likeness (QED) is 0.489. The van der Waals surface area contributed by atoms with E-state index in [0.29, 0.717) is 0 Å². The Morgan fingerprint density at radius 2 is 1.68 bits per heavy atom. The van der Waals surface area contributed by atoms with Gasteiger partial charge in [-0.05, 0) is 94.0 Å². The van der Waals surface area contributed by atoms with E-state index in [4.69, 9.17) is 4.74 Å². The monoisotopic (exact) mass is 411 g/mol. The van der Waals surface area contributed by atoms with Gasteiger partial charge in [0.25, 0.3) is 0 Å². The van der Waals surface area contributed by atoms with Gasteiger partial charge in [-0.1, -0.05) is 42.0 Å². The molecule has 0 spiro atoms. The van der Waals surface area contributed by atoms with Gasteiger partial charge in [0.05, 0.1) is 11.1 Å². The molecule has 2 aliphatic heterocycles. The molecule has 0 bridgehead atoms. The Morgan fingerprint density at radius 3 is 2.45 bits per heavy atom. The first-order valence-electron chi connectivity index (χ1n) is 11.0. The Bertz CT molecular complexity index is 1210. The zero-order valence-corrected chi connectivity index (χ0v) is 19.0. The van der Waals surface area contributed by atoms with Gasteiger partial charge in [0, 0.05) is 5.69 Å². The van der Waals surface area contributed by atoms with Crippen LogP contribution in [0.2, 0.25) is 0 Å². The highest BCUT2D eigenvalue weighted by Gasteiger charge is 2.49.